The topological polar surface area (TPSA) is 127 Å². The van der Waals surface area contributed by atoms with E-state index in [2.05, 4.69) is 15.9 Å². The normalized spacial score (nSPS) is 19.5. The lowest BCUT2D eigenvalue weighted by Gasteiger charge is -2.30. The summed E-state index contributed by atoms with van der Waals surface area (Å²) in [7, 11) is 0. The molecular formula is C30H23BrO8. The van der Waals surface area contributed by atoms with Crippen molar-refractivity contribution in [2.24, 2.45) is 0 Å². The monoisotopic (exact) mass is 590 g/mol. The molecule has 198 valence electrons. The summed E-state index contributed by atoms with van der Waals surface area (Å²) in [5.41, 5.74) is 1.48. The van der Waals surface area contributed by atoms with E-state index >= 15 is 0 Å². The molecule has 0 spiro atoms. The van der Waals surface area contributed by atoms with Gasteiger partial charge in [0.15, 0.2) is 0 Å². The van der Waals surface area contributed by atoms with Crippen LogP contribution in [-0.2, 0) is 9.59 Å². The number of carbonyl (C=O) groups excluding carboxylic acids is 4. The van der Waals surface area contributed by atoms with Crippen molar-refractivity contribution in [3.63, 3.8) is 0 Å². The zero-order valence-corrected chi connectivity index (χ0v) is 23.0. The molecule has 0 radical (unpaired) electrons. The number of Topliss-reactive ketones (excluding diaryl/α,β-unsaturated/α-hetero) is 3. The minimum absolute atomic E-state index is 0.110. The largest absolute Gasteiger partial charge is 0.507 e. The molecule has 2 heterocycles. The number of hydrogen-bond acceptors (Lipinski definition) is 8. The summed E-state index contributed by atoms with van der Waals surface area (Å²) in [6.45, 7) is 7.64. The highest BCUT2D eigenvalue weighted by Crippen LogP contribution is 2.41. The second kappa shape index (κ2) is 8.91. The van der Waals surface area contributed by atoms with E-state index in [0.29, 0.717) is 33.8 Å². The van der Waals surface area contributed by atoms with E-state index < -0.39 is 34.3 Å². The SMILES string of the molecule is CC1(C)C=Cc2c(ccc3c2C(O)=C(Br)C(=O)C3=O)O1.CC1(C)C=Cc2c(ccc3c2C(O)=CC(=O)C3=O)O1. The molecule has 2 aromatic rings. The second-order valence-corrected chi connectivity index (χ2v) is 11.2. The smallest absolute Gasteiger partial charge is 0.244 e. The van der Waals surface area contributed by atoms with Gasteiger partial charge >= 0.3 is 0 Å². The molecule has 8 nitrogen and oxygen atoms in total. The third kappa shape index (κ3) is 4.42. The average molecular weight is 591 g/mol. The minimum Gasteiger partial charge on any atom is -0.507 e. The van der Waals surface area contributed by atoms with Gasteiger partial charge in [0.2, 0.25) is 23.1 Å². The molecule has 0 saturated carbocycles. The lowest BCUT2D eigenvalue weighted by molar-refractivity contribution is -0.111. The Morgan fingerprint density at radius 2 is 1.18 bits per heavy atom. The molecule has 6 rings (SSSR count). The Bertz CT molecular complexity index is 1650. The highest BCUT2D eigenvalue weighted by Gasteiger charge is 2.36. The van der Waals surface area contributed by atoms with Crippen LogP contribution in [0.1, 0.15) is 70.7 Å². The molecule has 39 heavy (non-hydrogen) atoms. The summed E-state index contributed by atoms with van der Waals surface area (Å²) in [6.07, 6.45) is 8.27. The van der Waals surface area contributed by atoms with Crippen LogP contribution in [0.2, 0.25) is 0 Å². The number of fused-ring (bicyclic) bond motifs is 6. The van der Waals surface area contributed by atoms with Crippen LogP contribution >= 0.6 is 15.9 Å². The molecule has 0 bridgehead atoms. The predicted molar refractivity (Wildman–Crippen MR) is 148 cm³/mol. The molecular weight excluding hydrogens is 568 g/mol. The molecule has 2 aromatic carbocycles. The van der Waals surface area contributed by atoms with Gasteiger partial charge in [-0.15, -0.1) is 0 Å². The van der Waals surface area contributed by atoms with Gasteiger partial charge in [-0.05, 0) is 80.0 Å². The first-order valence-electron chi connectivity index (χ1n) is 12.0. The zero-order valence-electron chi connectivity index (χ0n) is 21.4. The molecule has 0 aromatic heterocycles. The van der Waals surface area contributed by atoms with E-state index in [1.165, 1.54) is 12.1 Å². The van der Waals surface area contributed by atoms with Crippen LogP contribution in [0, 0.1) is 0 Å². The van der Waals surface area contributed by atoms with Gasteiger partial charge in [-0.25, -0.2) is 0 Å². The fourth-order valence-corrected chi connectivity index (χ4v) is 5.03. The van der Waals surface area contributed by atoms with Gasteiger partial charge in [-0.1, -0.05) is 12.2 Å². The van der Waals surface area contributed by atoms with E-state index in [0.717, 1.165) is 6.08 Å². The van der Waals surface area contributed by atoms with Crippen LogP contribution < -0.4 is 9.47 Å². The molecule has 0 unspecified atom stereocenters. The van der Waals surface area contributed by atoms with Gasteiger partial charge in [-0.3, -0.25) is 19.2 Å². The summed E-state index contributed by atoms with van der Waals surface area (Å²) >= 11 is 2.97. The zero-order chi connectivity index (χ0) is 28.4. The Hall–Kier alpha value is -4.24. The number of aliphatic hydroxyl groups excluding tert-OH is 2. The fraction of sp³-hybridized carbons (Fsp3) is 0.200. The fourth-order valence-electron chi connectivity index (χ4n) is 4.66. The first-order valence-corrected chi connectivity index (χ1v) is 12.8. The third-order valence-electron chi connectivity index (χ3n) is 6.55. The molecule has 9 heteroatoms. The highest BCUT2D eigenvalue weighted by atomic mass is 79.9. The van der Waals surface area contributed by atoms with Crippen molar-refractivity contribution in [1.82, 2.24) is 0 Å². The van der Waals surface area contributed by atoms with Gasteiger partial charge < -0.3 is 19.7 Å². The first-order chi connectivity index (χ1) is 18.2. The van der Waals surface area contributed by atoms with E-state index in [-0.39, 0.29) is 27.1 Å². The molecule has 4 aliphatic rings. The van der Waals surface area contributed by atoms with Crippen LogP contribution in [0.3, 0.4) is 0 Å². The first kappa shape index (κ1) is 26.4. The Balaban J connectivity index is 0.000000158. The van der Waals surface area contributed by atoms with Gasteiger partial charge in [0.1, 0.15) is 38.7 Å². The summed E-state index contributed by atoms with van der Waals surface area (Å²) in [5, 5.41) is 20.1. The van der Waals surface area contributed by atoms with Crippen LogP contribution in [0.15, 0.2) is 47.0 Å². The van der Waals surface area contributed by atoms with Crippen LogP contribution in [0.25, 0.3) is 23.7 Å². The Labute approximate surface area is 232 Å². The third-order valence-corrected chi connectivity index (χ3v) is 7.28. The Morgan fingerprint density at radius 3 is 1.72 bits per heavy atom. The van der Waals surface area contributed by atoms with Crippen molar-refractivity contribution in [3.05, 3.63) is 80.4 Å². The number of allylic oxidation sites excluding steroid dienone is 2. The molecule has 2 aliphatic carbocycles. The van der Waals surface area contributed by atoms with Gasteiger partial charge in [-0.2, -0.15) is 0 Å². The number of carbonyl (C=O) groups is 4. The predicted octanol–water partition coefficient (Wildman–Crippen LogP) is 5.79. The number of hydrogen-bond donors (Lipinski definition) is 2. The van der Waals surface area contributed by atoms with Gasteiger partial charge in [0.25, 0.3) is 0 Å². The number of benzene rings is 2. The highest BCUT2D eigenvalue weighted by molar-refractivity contribution is 9.12. The molecule has 2 aliphatic heterocycles. The van der Waals surface area contributed by atoms with Crippen molar-refractivity contribution in [2.45, 2.75) is 38.9 Å². The summed E-state index contributed by atoms with van der Waals surface area (Å²) < 4.78 is 11.5. The van der Waals surface area contributed by atoms with Crippen LogP contribution in [-0.4, -0.2) is 44.5 Å². The summed E-state index contributed by atoms with van der Waals surface area (Å²) in [5.74, 6) is -1.93. The van der Waals surface area contributed by atoms with Crippen LogP contribution in [0.5, 0.6) is 11.5 Å². The average Bonchev–Trinajstić information content (AvgIpc) is 2.87. The van der Waals surface area contributed by atoms with Gasteiger partial charge in [0.05, 0.1) is 0 Å². The van der Waals surface area contributed by atoms with Crippen molar-refractivity contribution in [1.29, 1.82) is 0 Å². The lowest BCUT2D eigenvalue weighted by atomic mass is 9.88. The van der Waals surface area contributed by atoms with Crippen molar-refractivity contribution >= 4 is 62.7 Å². The molecule has 0 atom stereocenters. The van der Waals surface area contributed by atoms with E-state index in [1.807, 2.05) is 45.9 Å². The number of ketones is 4. The van der Waals surface area contributed by atoms with E-state index in [9.17, 15) is 29.4 Å². The maximum Gasteiger partial charge on any atom is 0.244 e. The number of aliphatic hydroxyl groups is 2. The van der Waals surface area contributed by atoms with Crippen molar-refractivity contribution in [2.75, 3.05) is 0 Å². The standard InChI is InChI=1S/C15H11BrO4.C15H12O4/c1-15(2)6-5-7-9(20-15)4-3-8-10(7)13(18)11(16)14(19)12(8)17;1-15(2)6-5-8-12(19-15)4-3-9-13(8)10(16)7-11(17)14(9)18/h3-6,18H,1-2H3;3-7,16H,1-2H3. The Kier molecular flexibility index (Phi) is 6.03. The quantitative estimate of drug-likeness (QED) is 0.369. The number of ether oxygens (including phenoxy) is 2. The minimum atomic E-state index is -0.740. The Morgan fingerprint density at radius 1 is 0.692 bits per heavy atom. The number of rotatable bonds is 0. The lowest BCUT2D eigenvalue weighted by Crippen LogP contribution is -2.29. The van der Waals surface area contributed by atoms with E-state index in [1.54, 1.807) is 18.2 Å². The van der Waals surface area contributed by atoms with Crippen molar-refractivity contribution in [3.8, 4) is 11.5 Å². The van der Waals surface area contributed by atoms with Crippen LogP contribution in [0.4, 0.5) is 0 Å². The maximum absolute atomic E-state index is 12.0. The van der Waals surface area contributed by atoms with E-state index in [4.69, 9.17) is 9.47 Å². The molecule has 0 fully saturated rings. The molecule has 0 amide bonds. The summed E-state index contributed by atoms with van der Waals surface area (Å²) in [4.78, 5) is 46.9. The maximum atomic E-state index is 12.0. The molecule has 0 saturated heterocycles. The van der Waals surface area contributed by atoms with Gasteiger partial charge in [0, 0.05) is 39.5 Å². The van der Waals surface area contributed by atoms with Crippen molar-refractivity contribution < 1.29 is 38.9 Å². The summed E-state index contributed by atoms with van der Waals surface area (Å²) in [6, 6.07) is 6.34. The second-order valence-electron chi connectivity index (χ2n) is 10.4. The number of halogens is 1. The molecule has 2 N–H and O–H groups in total.